The fourth-order valence-corrected chi connectivity index (χ4v) is 6.19. The largest absolute Gasteiger partial charge is 0.350 e. The Bertz CT molecular complexity index is 1130. The van der Waals surface area contributed by atoms with Crippen molar-refractivity contribution in [3.8, 4) is 0 Å². The minimum Gasteiger partial charge on any atom is -0.350 e. The van der Waals surface area contributed by atoms with Crippen LogP contribution >= 0.6 is 0 Å². The Morgan fingerprint density at radius 2 is 1.80 bits per heavy atom. The average molecular weight is 432 g/mol. The third-order valence-electron chi connectivity index (χ3n) is 6.54. The van der Waals surface area contributed by atoms with E-state index in [0.717, 1.165) is 32.1 Å². The van der Waals surface area contributed by atoms with Crippen LogP contribution in [0.15, 0.2) is 34.1 Å². The molecule has 1 N–H and O–H groups in total. The van der Waals surface area contributed by atoms with Crippen LogP contribution in [0.2, 0.25) is 0 Å². The standard InChI is InChI=1S/C22H29N3O4S/c1-15-7-3-4-8-19(15)23-22(27)18-14-24(2)20-10-9-16(13-17(20)21(18)26)30(28,29)25-11-5-6-12-25/h9-10,13-15,19H,3-8,11-12H2,1-2H3,(H,23,27)/t15-,19-/m1/s1. The molecular formula is C22H29N3O4S. The van der Waals surface area contributed by atoms with Gasteiger partial charge in [0.2, 0.25) is 15.5 Å². The predicted octanol–water partition coefficient (Wildman–Crippen LogP) is 2.63. The Labute approximate surface area is 177 Å². The molecule has 1 aliphatic heterocycles. The molecule has 2 fully saturated rings. The molecule has 2 aliphatic rings. The molecule has 0 bridgehead atoms. The van der Waals surface area contributed by atoms with Gasteiger partial charge in [-0.3, -0.25) is 9.59 Å². The fourth-order valence-electron chi connectivity index (χ4n) is 4.65. The van der Waals surface area contributed by atoms with E-state index in [9.17, 15) is 18.0 Å². The summed E-state index contributed by atoms with van der Waals surface area (Å²) in [5, 5.41) is 3.28. The summed E-state index contributed by atoms with van der Waals surface area (Å²) in [6.45, 7) is 3.12. The molecule has 1 aromatic heterocycles. The van der Waals surface area contributed by atoms with Crippen molar-refractivity contribution >= 4 is 26.8 Å². The van der Waals surface area contributed by atoms with Crippen LogP contribution in [-0.4, -0.2) is 42.3 Å². The molecule has 30 heavy (non-hydrogen) atoms. The fraction of sp³-hybridized carbons (Fsp3) is 0.545. The molecule has 0 radical (unpaired) electrons. The number of sulfonamides is 1. The first-order chi connectivity index (χ1) is 14.3. The summed E-state index contributed by atoms with van der Waals surface area (Å²) in [6, 6.07) is 4.67. The molecule has 1 aliphatic carbocycles. The molecule has 0 unspecified atom stereocenters. The summed E-state index contributed by atoms with van der Waals surface area (Å²) in [6.07, 6.45) is 7.46. The maximum absolute atomic E-state index is 13.2. The normalized spacial score (nSPS) is 23.0. The Kier molecular flexibility index (Phi) is 5.72. The van der Waals surface area contributed by atoms with Crippen molar-refractivity contribution in [1.29, 1.82) is 0 Å². The summed E-state index contributed by atoms with van der Waals surface area (Å²) in [5.74, 6) is -0.00623. The zero-order valence-corrected chi connectivity index (χ0v) is 18.4. The number of rotatable bonds is 4. The van der Waals surface area contributed by atoms with E-state index in [2.05, 4.69) is 12.2 Å². The number of carbonyl (C=O) groups is 1. The molecule has 2 atom stereocenters. The van der Waals surface area contributed by atoms with E-state index in [1.807, 2.05) is 0 Å². The first-order valence-corrected chi connectivity index (χ1v) is 12.2. The van der Waals surface area contributed by atoms with Crippen LogP contribution in [0.1, 0.15) is 55.8 Å². The SMILES string of the molecule is C[C@@H]1CCCC[C@H]1NC(=O)c1cn(C)c2ccc(S(=O)(=O)N3CCCC3)cc2c1=O. The molecule has 0 spiro atoms. The number of aryl methyl sites for hydroxylation is 1. The van der Waals surface area contributed by atoms with Crippen molar-refractivity contribution < 1.29 is 13.2 Å². The van der Waals surface area contributed by atoms with E-state index >= 15 is 0 Å². The number of nitrogens with zero attached hydrogens (tertiary/aromatic N) is 2. The van der Waals surface area contributed by atoms with E-state index in [1.54, 1.807) is 29.9 Å². The van der Waals surface area contributed by atoms with E-state index in [-0.39, 0.29) is 27.8 Å². The van der Waals surface area contributed by atoms with Crippen LogP contribution in [0.5, 0.6) is 0 Å². The topological polar surface area (TPSA) is 88.5 Å². The van der Waals surface area contributed by atoms with Gasteiger partial charge < -0.3 is 9.88 Å². The number of hydrogen-bond donors (Lipinski definition) is 1. The number of aromatic nitrogens is 1. The van der Waals surface area contributed by atoms with Gasteiger partial charge in [0.15, 0.2) is 0 Å². The van der Waals surface area contributed by atoms with Crippen molar-refractivity contribution in [1.82, 2.24) is 14.2 Å². The third-order valence-corrected chi connectivity index (χ3v) is 8.43. The van der Waals surface area contributed by atoms with Crippen LogP contribution < -0.4 is 10.7 Å². The van der Waals surface area contributed by atoms with Crippen LogP contribution in [0, 0.1) is 5.92 Å². The number of pyridine rings is 1. The van der Waals surface area contributed by atoms with Crippen molar-refractivity contribution in [2.24, 2.45) is 13.0 Å². The van der Waals surface area contributed by atoms with Crippen LogP contribution in [-0.2, 0) is 17.1 Å². The van der Waals surface area contributed by atoms with Crippen molar-refractivity contribution in [3.05, 3.63) is 40.2 Å². The highest BCUT2D eigenvalue weighted by atomic mass is 32.2. The van der Waals surface area contributed by atoms with Crippen LogP contribution in [0.25, 0.3) is 10.9 Å². The molecule has 2 heterocycles. The van der Waals surface area contributed by atoms with Gasteiger partial charge in [0.1, 0.15) is 5.56 Å². The van der Waals surface area contributed by atoms with Crippen molar-refractivity contribution in [3.63, 3.8) is 0 Å². The Morgan fingerprint density at radius 3 is 2.50 bits per heavy atom. The first kappa shape index (κ1) is 21.1. The van der Waals surface area contributed by atoms with Crippen LogP contribution in [0.4, 0.5) is 0 Å². The number of fused-ring (bicyclic) bond motifs is 1. The number of carbonyl (C=O) groups excluding carboxylic acids is 1. The molecule has 162 valence electrons. The number of benzene rings is 1. The molecule has 1 aromatic carbocycles. The summed E-state index contributed by atoms with van der Waals surface area (Å²) in [4.78, 5) is 26.2. The van der Waals surface area contributed by atoms with E-state index in [1.165, 1.54) is 16.8 Å². The van der Waals surface area contributed by atoms with E-state index in [4.69, 9.17) is 0 Å². The Morgan fingerprint density at radius 1 is 1.10 bits per heavy atom. The molecule has 4 rings (SSSR count). The first-order valence-electron chi connectivity index (χ1n) is 10.7. The smallest absolute Gasteiger partial charge is 0.256 e. The minimum atomic E-state index is -3.64. The van der Waals surface area contributed by atoms with Gasteiger partial charge in [0.05, 0.1) is 10.4 Å². The summed E-state index contributed by atoms with van der Waals surface area (Å²) < 4.78 is 29.0. The molecule has 2 aromatic rings. The highest BCUT2D eigenvalue weighted by molar-refractivity contribution is 7.89. The second-order valence-corrected chi connectivity index (χ2v) is 10.6. The molecule has 1 saturated carbocycles. The Balaban J connectivity index is 1.72. The summed E-state index contributed by atoms with van der Waals surface area (Å²) >= 11 is 0. The second-order valence-electron chi connectivity index (χ2n) is 8.61. The molecule has 7 nitrogen and oxygen atoms in total. The van der Waals surface area contributed by atoms with Gasteiger partial charge >= 0.3 is 0 Å². The van der Waals surface area contributed by atoms with Crippen LogP contribution in [0.3, 0.4) is 0 Å². The van der Waals surface area contributed by atoms with Gasteiger partial charge in [-0.25, -0.2) is 8.42 Å². The van der Waals surface area contributed by atoms with Crippen molar-refractivity contribution in [2.45, 2.75) is 56.4 Å². The molecule has 1 amide bonds. The lowest BCUT2D eigenvalue weighted by Crippen LogP contribution is -2.42. The number of amides is 1. The summed E-state index contributed by atoms with van der Waals surface area (Å²) in [5.41, 5.74) is 0.226. The van der Waals surface area contributed by atoms with Gasteiger partial charge in [0.25, 0.3) is 5.91 Å². The highest BCUT2D eigenvalue weighted by Gasteiger charge is 2.28. The minimum absolute atomic E-state index is 0.0542. The molecule has 8 heteroatoms. The number of hydrogen-bond acceptors (Lipinski definition) is 4. The zero-order valence-electron chi connectivity index (χ0n) is 17.6. The lowest BCUT2D eigenvalue weighted by Gasteiger charge is -2.29. The van der Waals surface area contributed by atoms with E-state index in [0.29, 0.717) is 24.5 Å². The van der Waals surface area contributed by atoms with Crippen molar-refractivity contribution in [2.75, 3.05) is 13.1 Å². The maximum atomic E-state index is 13.2. The third kappa shape index (κ3) is 3.78. The zero-order chi connectivity index (χ0) is 21.5. The lowest BCUT2D eigenvalue weighted by molar-refractivity contribution is 0.0908. The van der Waals surface area contributed by atoms with Gasteiger partial charge in [0, 0.05) is 37.8 Å². The van der Waals surface area contributed by atoms with Gasteiger partial charge in [-0.2, -0.15) is 4.31 Å². The Hall–Kier alpha value is -2.19. The predicted molar refractivity (Wildman–Crippen MR) is 116 cm³/mol. The quantitative estimate of drug-likeness (QED) is 0.806. The van der Waals surface area contributed by atoms with Gasteiger partial charge in [-0.05, 0) is 49.8 Å². The molecular weight excluding hydrogens is 402 g/mol. The average Bonchev–Trinajstić information content (AvgIpc) is 3.28. The maximum Gasteiger partial charge on any atom is 0.256 e. The van der Waals surface area contributed by atoms with Gasteiger partial charge in [-0.15, -0.1) is 0 Å². The number of nitrogens with one attached hydrogen (secondary N) is 1. The second kappa shape index (κ2) is 8.15. The monoisotopic (exact) mass is 431 g/mol. The molecule has 1 saturated heterocycles. The van der Waals surface area contributed by atoms with Gasteiger partial charge in [-0.1, -0.05) is 19.8 Å². The lowest BCUT2D eigenvalue weighted by atomic mass is 9.86. The summed E-state index contributed by atoms with van der Waals surface area (Å²) in [7, 11) is -1.88. The van der Waals surface area contributed by atoms with E-state index < -0.39 is 15.5 Å². The highest BCUT2D eigenvalue weighted by Crippen LogP contribution is 2.25.